The summed E-state index contributed by atoms with van der Waals surface area (Å²) in [6.45, 7) is 2.01. The number of hydrogen-bond acceptors (Lipinski definition) is 7. The predicted molar refractivity (Wildman–Crippen MR) is 74.9 cm³/mol. The molecule has 3 rings (SSSR count). The van der Waals surface area contributed by atoms with Gasteiger partial charge in [-0.2, -0.15) is 4.98 Å². The minimum Gasteiger partial charge on any atom is -0.475 e. The molecular formula is C14H18N4O3. The van der Waals surface area contributed by atoms with E-state index in [9.17, 15) is 0 Å². The number of aromatic nitrogens is 3. The monoisotopic (exact) mass is 290 g/mol. The molecule has 1 atom stereocenters. The number of hydrogen-bond donors (Lipinski definition) is 1. The number of nitrogens with one attached hydrogen (secondary N) is 1. The SMILES string of the molecule is COCCOc1ccc(-c2noc([C@@H]3CCCN3)n2)cn1. The van der Waals surface area contributed by atoms with Crippen LogP contribution in [0.15, 0.2) is 22.9 Å². The fraction of sp³-hybridized carbons (Fsp3) is 0.500. The zero-order chi connectivity index (χ0) is 14.5. The topological polar surface area (TPSA) is 82.3 Å². The van der Waals surface area contributed by atoms with E-state index in [0.29, 0.717) is 30.8 Å². The third-order valence-corrected chi connectivity index (χ3v) is 3.33. The lowest BCUT2D eigenvalue weighted by molar-refractivity contribution is 0.144. The zero-order valence-electron chi connectivity index (χ0n) is 11.9. The van der Waals surface area contributed by atoms with Crippen LogP contribution in [0.25, 0.3) is 11.4 Å². The first-order chi connectivity index (χ1) is 10.4. The van der Waals surface area contributed by atoms with Crippen molar-refractivity contribution in [2.45, 2.75) is 18.9 Å². The zero-order valence-corrected chi connectivity index (χ0v) is 11.9. The quantitative estimate of drug-likeness (QED) is 0.809. The first-order valence-corrected chi connectivity index (χ1v) is 7.02. The van der Waals surface area contributed by atoms with Crippen LogP contribution in [-0.2, 0) is 4.74 Å². The molecule has 0 bridgehead atoms. The molecule has 21 heavy (non-hydrogen) atoms. The molecule has 7 heteroatoms. The van der Waals surface area contributed by atoms with Gasteiger partial charge in [-0.1, -0.05) is 5.16 Å². The highest BCUT2D eigenvalue weighted by molar-refractivity contribution is 5.53. The van der Waals surface area contributed by atoms with Gasteiger partial charge in [-0.3, -0.25) is 0 Å². The van der Waals surface area contributed by atoms with Crippen molar-refractivity contribution in [1.29, 1.82) is 0 Å². The van der Waals surface area contributed by atoms with E-state index in [0.717, 1.165) is 24.9 Å². The fourth-order valence-electron chi connectivity index (χ4n) is 2.22. The molecule has 1 aliphatic rings. The van der Waals surface area contributed by atoms with Crippen molar-refractivity contribution >= 4 is 0 Å². The van der Waals surface area contributed by atoms with Crippen molar-refractivity contribution in [3.63, 3.8) is 0 Å². The van der Waals surface area contributed by atoms with Crippen LogP contribution in [-0.4, -0.2) is 42.0 Å². The Labute approximate surface area is 122 Å². The van der Waals surface area contributed by atoms with Gasteiger partial charge in [-0.25, -0.2) is 4.98 Å². The molecule has 7 nitrogen and oxygen atoms in total. The lowest BCUT2D eigenvalue weighted by atomic mass is 10.2. The Morgan fingerprint density at radius 3 is 3.05 bits per heavy atom. The summed E-state index contributed by atoms with van der Waals surface area (Å²) in [5, 5.41) is 7.34. The lowest BCUT2D eigenvalue weighted by Gasteiger charge is -2.04. The van der Waals surface area contributed by atoms with Gasteiger partial charge in [0.1, 0.15) is 6.61 Å². The van der Waals surface area contributed by atoms with E-state index >= 15 is 0 Å². The van der Waals surface area contributed by atoms with Crippen LogP contribution >= 0.6 is 0 Å². The van der Waals surface area contributed by atoms with E-state index in [4.69, 9.17) is 14.0 Å². The molecule has 0 saturated carbocycles. The van der Waals surface area contributed by atoms with E-state index in [1.807, 2.05) is 6.07 Å². The van der Waals surface area contributed by atoms with Crippen molar-refractivity contribution in [2.24, 2.45) is 0 Å². The summed E-state index contributed by atoms with van der Waals surface area (Å²) in [6, 6.07) is 3.83. The van der Waals surface area contributed by atoms with Crippen LogP contribution in [0.5, 0.6) is 5.88 Å². The number of ether oxygens (including phenoxy) is 2. The summed E-state index contributed by atoms with van der Waals surface area (Å²) < 4.78 is 15.6. The van der Waals surface area contributed by atoms with Gasteiger partial charge in [0.05, 0.1) is 12.6 Å². The van der Waals surface area contributed by atoms with Crippen LogP contribution in [0.3, 0.4) is 0 Å². The van der Waals surface area contributed by atoms with Gasteiger partial charge in [0.2, 0.25) is 17.6 Å². The minimum atomic E-state index is 0.177. The first kappa shape index (κ1) is 14.0. The molecule has 1 fully saturated rings. The van der Waals surface area contributed by atoms with Crippen molar-refractivity contribution in [1.82, 2.24) is 20.4 Å². The Bertz CT molecular complexity index is 564. The second-order valence-corrected chi connectivity index (χ2v) is 4.83. The largest absolute Gasteiger partial charge is 0.475 e. The summed E-state index contributed by atoms with van der Waals surface area (Å²) in [5.41, 5.74) is 0.807. The molecule has 1 saturated heterocycles. The Kier molecular flexibility index (Phi) is 4.42. The molecule has 1 aliphatic heterocycles. The highest BCUT2D eigenvalue weighted by atomic mass is 16.5. The number of pyridine rings is 1. The van der Waals surface area contributed by atoms with Crippen LogP contribution < -0.4 is 10.1 Å². The molecule has 0 unspecified atom stereocenters. The average Bonchev–Trinajstić information content (AvgIpc) is 3.19. The smallest absolute Gasteiger partial charge is 0.244 e. The van der Waals surface area contributed by atoms with E-state index in [2.05, 4.69) is 20.4 Å². The van der Waals surface area contributed by atoms with Crippen molar-refractivity contribution < 1.29 is 14.0 Å². The summed E-state index contributed by atoms with van der Waals surface area (Å²) in [5.74, 6) is 1.74. The maximum atomic E-state index is 5.41. The van der Waals surface area contributed by atoms with E-state index < -0.39 is 0 Å². The standard InChI is InChI=1S/C14H18N4O3/c1-19-7-8-20-12-5-4-10(9-16-12)13-17-14(21-18-13)11-3-2-6-15-11/h4-5,9,11,15H,2-3,6-8H2,1H3/t11-/m0/s1. The number of methoxy groups -OCH3 is 1. The van der Waals surface area contributed by atoms with E-state index in [1.165, 1.54) is 0 Å². The molecule has 0 aliphatic carbocycles. The Hall–Kier alpha value is -1.99. The van der Waals surface area contributed by atoms with Gasteiger partial charge in [0, 0.05) is 24.9 Å². The summed E-state index contributed by atoms with van der Waals surface area (Å²) in [6.07, 6.45) is 3.85. The number of nitrogens with zero attached hydrogens (tertiary/aromatic N) is 3. The van der Waals surface area contributed by atoms with Gasteiger partial charge in [-0.15, -0.1) is 0 Å². The predicted octanol–water partition coefficient (Wildman–Crippen LogP) is 1.58. The van der Waals surface area contributed by atoms with Crippen LogP contribution in [0.2, 0.25) is 0 Å². The lowest BCUT2D eigenvalue weighted by Crippen LogP contribution is -2.12. The van der Waals surface area contributed by atoms with Gasteiger partial charge >= 0.3 is 0 Å². The van der Waals surface area contributed by atoms with Crippen LogP contribution in [0.4, 0.5) is 0 Å². The summed E-state index contributed by atoms with van der Waals surface area (Å²) >= 11 is 0. The van der Waals surface area contributed by atoms with E-state index in [1.54, 1.807) is 19.4 Å². The van der Waals surface area contributed by atoms with Crippen LogP contribution in [0.1, 0.15) is 24.8 Å². The van der Waals surface area contributed by atoms with Gasteiger partial charge in [0.15, 0.2) is 0 Å². The molecule has 2 aromatic rings. The Morgan fingerprint density at radius 1 is 1.38 bits per heavy atom. The van der Waals surface area contributed by atoms with E-state index in [-0.39, 0.29) is 6.04 Å². The molecule has 112 valence electrons. The highest BCUT2D eigenvalue weighted by Gasteiger charge is 2.22. The van der Waals surface area contributed by atoms with Crippen molar-refractivity contribution in [3.8, 4) is 17.3 Å². The Morgan fingerprint density at radius 2 is 2.33 bits per heavy atom. The average molecular weight is 290 g/mol. The maximum Gasteiger partial charge on any atom is 0.244 e. The molecule has 3 heterocycles. The highest BCUT2D eigenvalue weighted by Crippen LogP contribution is 2.24. The molecular weight excluding hydrogens is 272 g/mol. The second kappa shape index (κ2) is 6.64. The van der Waals surface area contributed by atoms with Crippen molar-refractivity contribution in [2.75, 3.05) is 26.9 Å². The first-order valence-electron chi connectivity index (χ1n) is 7.02. The molecule has 0 radical (unpaired) electrons. The van der Waals surface area contributed by atoms with Gasteiger partial charge in [0.25, 0.3) is 0 Å². The van der Waals surface area contributed by atoms with Crippen molar-refractivity contribution in [3.05, 3.63) is 24.2 Å². The minimum absolute atomic E-state index is 0.177. The van der Waals surface area contributed by atoms with Crippen LogP contribution in [0, 0.1) is 0 Å². The fourth-order valence-corrected chi connectivity index (χ4v) is 2.22. The van der Waals surface area contributed by atoms with Gasteiger partial charge in [-0.05, 0) is 25.5 Å². The summed E-state index contributed by atoms with van der Waals surface area (Å²) in [7, 11) is 1.63. The molecule has 1 N–H and O–H groups in total. The molecule has 2 aromatic heterocycles. The third-order valence-electron chi connectivity index (χ3n) is 3.33. The third kappa shape index (κ3) is 3.37. The Balaban J connectivity index is 1.66. The maximum absolute atomic E-state index is 5.41. The molecule has 0 amide bonds. The molecule has 0 aromatic carbocycles. The normalized spacial score (nSPS) is 18.0. The summed E-state index contributed by atoms with van der Waals surface area (Å²) in [4.78, 5) is 8.65. The van der Waals surface area contributed by atoms with Gasteiger partial charge < -0.3 is 19.3 Å². The number of rotatable bonds is 6. The second-order valence-electron chi connectivity index (χ2n) is 4.83. The molecule has 0 spiro atoms.